The van der Waals surface area contributed by atoms with E-state index < -0.39 is 5.91 Å². The van der Waals surface area contributed by atoms with Gasteiger partial charge < -0.3 is 9.88 Å². The Labute approximate surface area is 146 Å². The first-order valence-electron chi connectivity index (χ1n) is 8.28. The van der Waals surface area contributed by atoms with Crippen LogP contribution in [0.3, 0.4) is 0 Å². The van der Waals surface area contributed by atoms with Gasteiger partial charge in [0.05, 0.1) is 5.56 Å². The van der Waals surface area contributed by atoms with Crippen molar-refractivity contribution in [1.29, 1.82) is 5.26 Å². The van der Waals surface area contributed by atoms with Crippen molar-refractivity contribution in [2.45, 2.75) is 52.6 Å². The molecule has 2 aromatic heterocycles. The van der Waals surface area contributed by atoms with Crippen LogP contribution < -0.4 is 10.9 Å². The number of nitrogens with one attached hydrogen (secondary N) is 1. The van der Waals surface area contributed by atoms with Crippen LogP contribution in [-0.2, 0) is 12.1 Å². The van der Waals surface area contributed by atoms with Crippen LogP contribution in [0, 0.1) is 11.3 Å². The lowest BCUT2D eigenvalue weighted by Crippen LogP contribution is -2.28. The Bertz CT molecular complexity index is 865. The first-order valence-corrected chi connectivity index (χ1v) is 8.28. The second-order valence-electron chi connectivity index (χ2n) is 6.85. The van der Waals surface area contributed by atoms with E-state index in [4.69, 9.17) is 5.26 Å². The standard InChI is InChI=1S/C18H23N5O2/c1-5-6-9-23-16(24)8-7-14(21-23)17(25)20-15-10-13(11-19)12-22(15)18(2,3)4/h7-8,10,12H,5-6,9H2,1-4H3,(H,20,25). The predicted molar refractivity (Wildman–Crippen MR) is 95.5 cm³/mol. The van der Waals surface area contributed by atoms with Crippen LogP contribution in [0.1, 0.15) is 56.6 Å². The maximum atomic E-state index is 12.5. The molecule has 0 atom stereocenters. The van der Waals surface area contributed by atoms with Crippen LogP contribution >= 0.6 is 0 Å². The molecule has 25 heavy (non-hydrogen) atoms. The molecule has 1 N–H and O–H groups in total. The highest BCUT2D eigenvalue weighted by molar-refractivity contribution is 6.02. The van der Waals surface area contributed by atoms with Gasteiger partial charge >= 0.3 is 0 Å². The number of aromatic nitrogens is 3. The fourth-order valence-electron chi connectivity index (χ4n) is 2.39. The summed E-state index contributed by atoms with van der Waals surface area (Å²) >= 11 is 0. The molecule has 0 saturated carbocycles. The van der Waals surface area contributed by atoms with Gasteiger partial charge in [-0.05, 0) is 39.3 Å². The van der Waals surface area contributed by atoms with Gasteiger partial charge in [-0.2, -0.15) is 10.4 Å². The Morgan fingerprint density at radius 1 is 1.36 bits per heavy atom. The van der Waals surface area contributed by atoms with E-state index in [-0.39, 0.29) is 16.8 Å². The van der Waals surface area contributed by atoms with Crippen LogP contribution in [0.2, 0.25) is 0 Å². The number of amides is 1. The summed E-state index contributed by atoms with van der Waals surface area (Å²) in [6.07, 6.45) is 3.45. The van der Waals surface area contributed by atoms with E-state index in [1.54, 1.807) is 12.3 Å². The van der Waals surface area contributed by atoms with Gasteiger partial charge in [0, 0.05) is 24.3 Å². The molecule has 0 aromatic carbocycles. The molecule has 2 rings (SSSR count). The number of aryl methyl sites for hydroxylation is 1. The van der Waals surface area contributed by atoms with E-state index in [9.17, 15) is 9.59 Å². The van der Waals surface area contributed by atoms with E-state index in [1.807, 2.05) is 32.3 Å². The molecule has 0 aliphatic heterocycles. The zero-order chi connectivity index (χ0) is 18.6. The summed E-state index contributed by atoms with van der Waals surface area (Å²) in [6.45, 7) is 8.44. The number of rotatable bonds is 5. The second kappa shape index (κ2) is 7.34. The van der Waals surface area contributed by atoms with Crippen molar-refractivity contribution in [3.63, 3.8) is 0 Å². The molecule has 0 bridgehead atoms. The number of carbonyl (C=O) groups is 1. The van der Waals surface area contributed by atoms with Crippen molar-refractivity contribution in [2.75, 3.05) is 5.32 Å². The molecule has 7 heteroatoms. The monoisotopic (exact) mass is 341 g/mol. The minimum Gasteiger partial charge on any atom is -0.328 e. The number of unbranched alkanes of at least 4 members (excludes halogenated alkanes) is 1. The number of carbonyl (C=O) groups excluding carboxylic acids is 1. The van der Waals surface area contributed by atoms with Crippen LogP contribution in [0.4, 0.5) is 5.82 Å². The highest BCUT2D eigenvalue weighted by atomic mass is 16.2. The SMILES string of the molecule is CCCCn1nc(C(=O)Nc2cc(C#N)cn2C(C)(C)C)ccc1=O. The van der Waals surface area contributed by atoms with Gasteiger partial charge in [-0.25, -0.2) is 4.68 Å². The van der Waals surface area contributed by atoms with Crippen molar-refractivity contribution in [3.05, 3.63) is 46.0 Å². The molecule has 1 amide bonds. The summed E-state index contributed by atoms with van der Waals surface area (Å²) in [5.41, 5.74) is 0.0993. The zero-order valence-corrected chi connectivity index (χ0v) is 15.0. The molecule has 0 spiro atoms. The summed E-state index contributed by atoms with van der Waals surface area (Å²) in [4.78, 5) is 24.4. The van der Waals surface area contributed by atoms with Crippen molar-refractivity contribution >= 4 is 11.7 Å². The van der Waals surface area contributed by atoms with Crippen molar-refractivity contribution in [1.82, 2.24) is 14.3 Å². The fourth-order valence-corrected chi connectivity index (χ4v) is 2.39. The zero-order valence-electron chi connectivity index (χ0n) is 15.0. The third-order valence-corrected chi connectivity index (χ3v) is 3.74. The van der Waals surface area contributed by atoms with Gasteiger partial charge in [0.2, 0.25) is 0 Å². The van der Waals surface area contributed by atoms with E-state index in [0.29, 0.717) is 17.9 Å². The van der Waals surface area contributed by atoms with E-state index >= 15 is 0 Å². The molecule has 2 aromatic rings. The molecular formula is C18H23N5O2. The first kappa shape index (κ1) is 18.5. The van der Waals surface area contributed by atoms with Crippen molar-refractivity contribution in [2.24, 2.45) is 0 Å². The topological polar surface area (TPSA) is 92.7 Å². The summed E-state index contributed by atoms with van der Waals surface area (Å²) in [7, 11) is 0. The number of hydrogen-bond acceptors (Lipinski definition) is 4. The minimum absolute atomic E-state index is 0.163. The van der Waals surface area contributed by atoms with Crippen LogP contribution in [-0.4, -0.2) is 20.3 Å². The van der Waals surface area contributed by atoms with Gasteiger partial charge in [0.25, 0.3) is 11.5 Å². The summed E-state index contributed by atoms with van der Waals surface area (Å²) in [5.74, 6) is 0.0977. The number of nitrogens with zero attached hydrogens (tertiary/aromatic N) is 4. The van der Waals surface area contributed by atoms with E-state index in [0.717, 1.165) is 12.8 Å². The molecule has 7 nitrogen and oxygen atoms in total. The Hall–Kier alpha value is -2.88. The molecular weight excluding hydrogens is 318 g/mol. The number of hydrogen-bond donors (Lipinski definition) is 1. The fraction of sp³-hybridized carbons (Fsp3) is 0.444. The molecule has 0 saturated heterocycles. The normalized spacial score (nSPS) is 11.2. The number of anilines is 1. The third-order valence-electron chi connectivity index (χ3n) is 3.74. The van der Waals surface area contributed by atoms with E-state index in [1.165, 1.54) is 16.8 Å². The van der Waals surface area contributed by atoms with Gasteiger partial charge in [-0.1, -0.05) is 13.3 Å². The Morgan fingerprint density at radius 3 is 2.68 bits per heavy atom. The summed E-state index contributed by atoms with van der Waals surface area (Å²) < 4.78 is 3.14. The Balaban J connectivity index is 2.30. The molecule has 0 aliphatic carbocycles. The van der Waals surface area contributed by atoms with Gasteiger partial charge in [-0.3, -0.25) is 9.59 Å². The molecule has 0 fully saturated rings. The quantitative estimate of drug-likeness (QED) is 0.905. The van der Waals surface area contributed by atoms with Gasteiger partial charge in [-0.15, -0.1) is 0 Å². The lowest BCUT2D eigenvalue weighted by molar-refractivity contribution is 0.101. The maximum Gasteiger partial charge on any atom is 0.277 e. The molecule has 0 radical (unpaired) electrons. The Kier molecular flexibility index (Phi) is 5.42. The molecule has 132 valence electrons. The van der Waals surface area contributed by atoms with Crippen molar-refractivity contribution < 1.29 is 4.79 Å². The first-order chi connectivity index (χ1) is 11.8. The average Bonchev–Trinajstić information content (AvgIpc) is 2.97. The largest absolute Gasteiger partial charge is 0.328 e. The predicted octanol–water partition coefficient (Wildman–Crippen LogP) is 2.72. The van der Waals surface area contributed by atoms with Crippen LogP contribution in [0.5, 0.6) is 0 Å². The second-order valence-corrected chi connectivity index (χ2v) is 6.85. The highest BCUT2D eigenvalue weighted by Crippen LogP contribution is 2.24. The van der Waals surface area contributed by atoms with E-state index in [2.05, 4.69) is 16.5 Å². The average molecular weight is 341 g/mol. The Morgan fingerprint density at radius 2 is 2.08 bits per heavy atom. The minimum atomic E-state index is -0.418. The lowest BCUT2D eigenvalue weighted by atomic mass is 10.1. The molecule has 2 heterocycles. The van der Waals surface area contributed by atoms with Crippen LogP contribution in [0.15, 0.2) is 29.2 Å². The molecule has 0 aliphatic rings. The molecule has 0 unspecified atom stereocenters. The van der Waals surface area contributed by atoms with Crippen molar-refractivity contribution in [3.8, 4) is 6.07 Å². The smallest absolute Gasteiger partial charge is 0.277 e. The third kappa shape index (κ3) is 4.35. The summed E-state index contributed by atoms with van der Waals surface area (Å²) in [6, 6.07) is 6.46. The maximum absolute atomic E-state index is 12.5. The lowest BCUT2D eigenvalue weighted by Gasteiger charge is -2.24. The number of nitriles is 1. The van der Waals surface area contributed by atoms with Gasteiger partial charge in [0.1, 0.15) is 17.6 Å². The highest BCUT2D eigenvalue weighted by Gasteiger charge is 2.20. The van der Waals surface area contributed by atoms with Gasteiger partial charge in [0.15, 0.2) is 0 Å². The van der Waals surface area contributed by atoms with Crippen LogP contribution in [0.25, 0.3) is 0 Å². The summed E-state index contributed by atoms with van der Waals surface area (Å²) in [5, 5.41) is 16.0.